The van der Waals surface area contributed by atoms with Gasteiger partial charge in [-0.1, -0.05) is 29.8 Å². The monoisotopic (exact) mass is 394 g/mol. The van der Waals surface area contributed by atoms with Gasteiger partial charge in [-0.2, -0.15) is 0 Å². The highest BCUT2D eigenvalue weighted by atomic mass is 35.5. The van der Waals surface area contributed by atoms with E-state index < -0.39 is 16.1 Å². The van der Waals surface area contributed by atoms with Gasteiger partial charge in [0.15, 0.2) is 6.10 Å². The molecule has 3 rings (SSSR count). The zero-order chi connectivity index (χ0) is 18.9. The van der Waals surface area contributed by atoms with Gasteiger partial charge in [-0.25, -0.2) is 13.1 Å². The quantitative estimate of drug-likeness (QED) is 0.846. The van der Waals surface area contributed by atoms with Gasteiger partial charge in [-0.15, -0.1) is 0 Å². The largest absolute Gasteiger partial charge is 0.478 e. The van der Waals surface area contributed by atoms with E-state index in [1.165, 1.54) is 17.0 Å². The van der Waals surface area contributed by atoms with Crippen molar-refractivity contribution in [2.75, 3.05) is 18.5 Å². The predicted octanol–water partition coefficient (Wildman–Crippen LogP) is 2.74. The molecule has 138 valence electrons. The van der Waals surface area contributed by atoms with Gasteiger partial charge in [-0.3, -0.25) is 4.79 Å². The van der Waals surface area contributed by atoms with Crippen molar-refractivity contribution in [2.45, 2.75) is 24.3 Å². The fourth-order valence-electron chi connectivity index (χ4n) is 2.70. The molecule has 1 aliphatic heterocycles. The van der Waals surface area contributed by atoms with Crippen molar-refractivity contribution in [3.63, 3.8) is 0 Å². The molecule has 6 nitrogen and oxygen atoms in total. The van der Waals surface area contributed by atoms with Crippen LogP contribution in [0.2, 0.25) is 5.02 Å². The molecule has 0 aromatic heterocycles. The zero-order valence-electron chi connectivity index (χ0n) is 14.4. The fraction of sp³-hybridized carbons (Fsp3) is 0.278. The average Bonchev–Trinajstić information content (AvgIpc) is 2.61. The zero-order valence-corrected chi connectivity index (χ0v) is 16.0. The van der Waals surface area contributed by atoms with Crippen molar-refractivity contribution < 1.29 is 17.9 Å². The van der Waals surface area contributed by atoms with Crippen LogP contribution in [0, 0.1) is 6.92 Å². The van der Waals surface area contributed by atoms with Gasteiger partial charge in [0, 0.05) is 25.0 Å². The Hall–Kier alpha value is -2.09. The number of amides is 1. The van der Waals surface area contributed by atoms with Crippen LogP contribution in [0.15, 0.2) is 47.4 Å². The topological polar surface area (TPSA) is 75.7 Å². The molecule has 1 atom stereocenters. The summed E-state index contributed by atoms with van der Waals surface area (Å²) in [5, 5.41) is 0.386. The first-order valence-electron chi connectivity index (χ1n) is 8.08. The Labute approximate surface area is 157 Å². The maximum atomic E-state index is 12.4. The number of ether oxygens (including phenoxy) is 1. The Morgan fingerprint density at radius 3 is 2.69 bits per heavy atom. The minimum atomic E-state index is -3.71. The lowest BCUT2D eigenvalue weighted by Crippen LogP contribution is -2.45. The number of anilines is 1. The van der Waals surface area contributed by atoms with Crippen LogP contribution in [0.25, 0.3) is 0 Å². The number of halogens is 1. The molecular formula is C18H19ClN2O4S. The van der Waals surface area contributed by atoms with Gasteiger partial charge in [-0.05, 0) is 36.8 Å². The Balaban J connectivity index is 1.66. The SMILES string of the molecule is Cc1ccc(S(=O)(=O)NCCC2Oc3ccccc3N(C)C2=O)cc1Cl. The number of carbonyl (C=O) groups is 1. The summed E-state index contributed by atoms with van der Waals surface area (Å²) in [4.78, 5) is 14.0. The summed E-state index contributed by atoms with van der Waals surface area (Å²) in [6, 6.07) is 11.8. The van der Waals surface area contributed by atoms with Gasteiger partial charge >= 0.3 is 0 Å². The molecule has 26 heavy (non-hydrogen) atoms. The smallest absolute Gasteiger partial charge is 0.267 e. The van der Waals surface area contributed by atoms with Crippen molar-refractivity contribution in [1.29, 1.82) is 0 Å². The maximum Gasteiger partial charge on any atom is 0.267 e. The van der Waals surface area contributed by atoms with E-state index in [0.717, 1.165) is 5.56 Å². The number of benzene rings is 2. The van der Waals surface area contributed by atoms with Crippen molar-refractivity contribution >= 4 is 33.2 Å². The number of aryl methyl sites for hydroxylation is 1. The van der Waals surface area contributed by atoms with Crippen molar-refractivity contribution in [2.24, 2.45) is 0 Å². The highest BCUT2D eigenvalue weighted by Crippen LogP contribution is 2.33. The van der Waals surface area contributed by atoms with Gasteiger partial charge in [0.05, 0.1) is 10.6 Å². The van der Waals surface area contributed by atoms with E-state index in [1.54, 1.807) is 32.2 Å². The summed E-state index contributed by atoms with van der Waals surface area (Å²) < 4.78 is 33.0. The van der Waals surface area contributed by atoms with E-state index in [2.05, 4.69) is 4.72 Å². The number of fused-ring (bicyclic) bond motifs is 1. The van der Waals surface area contributed by atoms with E-state index in [1.807, 2.05) is 12.1 Å². The van der Waals surface area contributed by atoms with E-state index >= 15 is 0 Å². The van der Waals surface area contributed by atoms with Crippen LogP contribution in [0.3, 0.4) is 0 Å². The number of likely N-dealkylation sites (N-methyl/N-ethyl adjacent to an activating group) is 1. The van der Waals surface area contributed by atoms with Crippen molar-refractivity contribution in [3.05, 3.63) is 53.1 Å². The highest BCUT2D eigenvalue weighted by molar-refractivity contribution is 7.89. The summed E-state index contributed by atoms with van der Waals surface area (Å²) in [5.74, 6) is 0.397. The lowest BCUT2D eigenvalue weighted by Gasteiger charge is -2.31. The van der Waals surface area contributed by atoms with Crippen LogP contribution in [0.4, 0.5) is 5.69 Å². The molecule has 0 bridgehead atoms. The molecule has 0 fully saturated rings. The molecule has 1 heterocycles. The van der Waals surface area contributed by atoms with Crippen molar-refractivity contribution in [3.8, 4) is 5.75 Å². The number of nitrogens with zero attached hydrogens (tertiary/aromatic N) is 1. The second-order valence-corrected chi connectivity index (χ2v) is 8.24. The normalized spacial score (nSPS) is 17.0. The van der Waals surface area contributed by atoms with E-state index in [4.69, 9.17) is 16.3 Å². The van der Waals surface area contributed by atoms with Crippen molar-refractivity contribution in [1.82, 2.24) is 4.72 Å². The number of carbonyl (C=O) groups excluding carboxylic acids is 1. The molecule has 1 amide bonds. The fourth-order valence-corrected chi connectivity index (χ4v) is 4.02. The lowest BCUT2D eigenvalue weighted by atomic mass is 10.1. The summed E-state index contributed by atoms with van der Waals surface area (Å²) in [6.45, 7) is 1.87. The molecule has 0 saturated carbocycles. The first-order chi connectivity index (χ1) is 12.3. The highest BCUT2D eigenvalue weighted by Gasteiger charge is 2.32. The molecular weight excluding hydrogens is 376 g/mol. The average molecular weight is 395 g/mol. The molecule has 1 N–H and O–H groups in total. The van der Waals surface area contributed by atoms with Gasteiger partial charge in [0.25, 0.3) is 5.91 Å². The first kappa shape index (κ1) is 18.7. The number of hydrogen-bond acceptors (Lipinski definition) is 4. The van der Waals surface area contributed by atoms with Gasteiger partial charge in [0.1, 0.15) is 5.75 Å². The first-order valence-corrected chi connectivity index (χ1v) is 9.95. The second-order valence-electron chi connectivity index (χ2n) is 6.07. The molecule has 0 saturated heterocycles. The number of sulfonamides is 1. The molecule has 2 aromatic carbocycles. The van der Waals surface area contributed by atoms with Gasteiger partial charge < -0.3 is 9.64 Å². The summed E-state index contributed by atoms with van der Waals surface area (Å²) >= 11 is 6.00. The molecule has 1 unspecified atom stereocenters. The molecule has 0 radical (unpaired) electrons. The third kappa shape index (κ3) is 3.70. The standard InChI is InChI=1S/C18H19ClN2O4S/c1-12-7-8-13(11-14(12)19)26(23,24)20-10-9-17-18(22)21(2)15-5-3-4-6-16(15)25-17/h3-8,11,17,20H,9-10H2,1-2H3. The van der Waals surface area contributed by atoms with Crippen LogP contribution in [0.5, 0.6) is 5.75 Å². The van der Waals surface area contributed by atoms with Crippen LogP contribution >= 0.6 is 11.6 Å². The molecule has 0 spiro atoms. The Morgan fingerprint density at radius 1 is 1.23 bits per heavy atom. The number of para-hydroxylation sites is 2. The van der Waals surface area contributed by atoms with Crippen LogP contribution in [0.1, 0.15) is 12.0 Å². The number of nitrogens with one attached hydrogen (secondary N) is 1. The lowest BCUT2D eigenvalue weighted by molar-refractivity contribution is -0.126. The van der Waals surface area contributed by atoms with Crippen LogP contribution in [-0.2, 0) is 14.8 Å². The Kier molecular flexibility index (Phi) is 5.22. The van der Waals surface area contributed by atoms with Crippen LogP contribution in [-0.4, -0.2) is 34.0 Å². The van der Waals surface area contributed by atoms with Crippen LogP contribution < -0.4 is 14.4 Å². The Morgan fingerprint density at radius 2 is 1.96 bits per heavy atom. The minimum absolute atomic E-state index is 0.0697. The molecule has 0 aliphatic carbocycles. The maximum absolute atomic E-state index is 12.4. The Bertz CT molecular complexity index is 946. The van der Waals surface area contributed by atoms with Gasteiger partial charge in [0.2, 0.25) is 10.0 Å². The number of rotatable bonds is 5. The predicted molar refractivity (Wildman–Crippen MR) is 100 cm³/mol. The third-order valence-electron chi connectivity index (χ3n) is 4.25. The summed E-state index contributed by atoms with van der Waals surface area (Å²) in [6.07, 6.45) is -0.518. The molecule has 2 aromatic rings. The molecule has 1 aliphatic rings. The summed E-state index contributed by atoms with van der Waals surface area (Å²) in [7, 11) is -2.03. The molecule has 8 heteroatoms. The van der Waals surface area contributed by atoms with E-state index in [0.29, 0.717) is 16.5 Å². The van der Waals surface area contributed by atoms with E-state index in [9.17, 15) is 13.2 Å². The summed E-state index contributed by atoms with van der Waals surface area (Å²) in [5.41, 5.74) is 1.50. The third-order valence-corrected chi connectivity index (χ3v) is 6.12. The minimum Gasteiger partial charge on any atom is -0.478 e. The second kappa shape index (κ2) is 7.26. The van der Waals surface area contributed by atoms with E-state index in [-0.39, 0.29) is 23.8 Å². The number of hydrogen-bond donors (Lipinski definition) is 1.